The fourth-order valence-electron chi connectivity index (χ4n) is 2.37. The first-order valence-corrected chi connectivity index (χ1v) is 5.86. The number of fused-ring (bicyclic) bond motifs is 3. The minimum absolute atomic E-state index is 0.0287. The number of ether oxygens (including phenoxy) is 1. The standard InChI is InChI=1S/C14H7NO6/c16-13-9-2-1-3-11(21-14(17)18)12(9)8-5-4-7(15(19)20)6-10(8)13/h1-6H,(H,17,18). The summed E-state index contributed by atoms with van der Waals surface area (Å²) < 4.78 is 4.67. The van der Waals surface area contributed by atoms with E-state index in [2.05, 4.69) is 4.74 Å². The zero-order valence-corrected chi connectivity index (χ0v) is 10.4. The first kappa shape index (κ1) is 12.8. The van der Waals surface area contributed by atoms with Crippen molar-refractivity contribution in [3.63, 3.8) is 0 Å². The third kappa shape index (κ3) is 1.91. The first-order chi connectivity index (χ1) is 9.99. The minimum atomic E-state index is -1.49. The second-order valence-electron chi connectivity index (χ2n) is 4.36. The second-order valence-corrected chi connectivity index (χ2v) is 4.36. The van der Waals surface area contributed by atoms with Gasteiger partial charge in [0.15, 0.2) is 5.78 Å². The number of carboxylic acid groups (broad SMARTS) is 1. The van der Waals surface area contributed by atoms with Gasteiger partial charge in [0.05, 0.1) is 4.92 Å². The molecule has 0 heterocycles. The number of nitro benzene ring substituents is 1. The summed E-state index contributed by atoms with van der Waals surface area (Å²) in [7, 11) is 0. The number of carbonyl (C=O) groups excluding carboxylic acids is 1. The van der Waals surface area contributed by atoms with Gasteiger partial charge in [-0.05, 0) is 17.7 Å². The molecule has 0 aromatic heterocycles. The van der Waals surface area contributed by atoms with Crippen LogP contribution in [0.1, 0.15) is 15.9 Å². The highest BCUT2D eigenvalue weighted by Gasteiger charge is 2.31. The van der Waals surface area contributed by atoms with Crippen LogP contribution < -0.4 is 4.74 Å². The Hall–Kier alpha value is -3.22. The van der Waals surface area contributed by atoms with E-state index in [4.69, 9.17) is 5.11 Å². The van der Waals surface area contributed by atoms with E-state index >= 15 is 0 Å². The SMILES string of the molecule is O=C(O)Oc1cccc2c1-c1ccc([N+](=O)[O-])cc1C2=O. The second kappa shape index (κ2) is 4.41. The number of nitro groups is 1. The average Bonchev–Trinajstić information content (AvgIpc) is 2.72. The molecule has 0 spiro atoms. The van der Waals surface area contributed by atoms with Gasteiger partial charge in [-0.3, -0.25) is 14.9 Å². The van der Waals surface area contributed by atoms with Crippen LogP contribution in [0, 0.1) is 10.1 Å². The van der Waals surface area contributed by atoms with Crippen molar-refractivity contribution in [2.75, 3.05) is 0 Å². The van der Waals surface area contributed by atoms with Gasteiger partial charge in [0.2, 0.25) is 0 Å². The van der Waals surface area contributed by atoms with Crippen LogP contribution in [-0.4, -0.2) is 22.0 Å². The summed E-state index contributed by atoms with van der Waals surface area (Å²) in [5.41, 5.74) is 1.01. The van der Waals surface area contributed by atoms with Gasteiger partial charge in [-0.15, -0.1) is 0 Å². The molecule has 7 nitrogen and oxygen atoms in total. The van der Waals surface area contributed by atoms with E-state index in [0.717, 1.165) is 0 Å². The van der Waals surface area contributed by atoms with E-state index in [0.29, 0.717) is 11.1 Å². The molecular formula is C14H7NO6. The van der Waals surface area contributed by atoms with Crippen molar-refractivity contribution in [1.29, 1.82) is 0 Å². The summed E-state index contributed by atoms with van der Waals surface area (Å²) in [6.07, 6.45) is -1.49. The van der Waals surface area contributed by atoms with E-state index in [1.54, 1.807) is 0 Å². The summed E-state index contributed by atoms with van der Waals surface area (Å²) >= 11 is 0. The monoisotopic (exact) mass is 285 g/mol. The Morgan fingerprint density at radius 1 is 1.14 bits per heavy atom. The first-order valence-electron chi connectivity index (χ1n) is 5.86. The quantitative estimate of drug-likeness (QED) is 0.336. The van der Waals surface area contributed by atoms with Crippen LogP contribution in [0.25, 0.3) is 11.1 Å². The van der Waals surface area contributed by atoms with Crippen molar-refractivity contribution in [2.45, 2.75) is 0 Å². The number of carbonyl (C=O) groups is 2. The van der Waals surface area contributed by atoms with Crippen LogP contribution in [0.5, 0.6) is 5.75 Å². The molecule has 0 saturated heterocycles. The van der Waals surface area contributed by atoms with Gasteiger partial charge in [-0.25, -0.2) is 4.79 Å². The lowest BCUT2D eigenvalue weighted by Crippen LogP contribution is -2.04. The number of hydrogen-bond acceptors (Lipinski definition) is 5. The maximum Gasteiger partial charge on any atom is 0.511 e. The van der Waals surface area contributed by atoms with Gasteiger partial charge in [-0.1, -0.05) is 12.1 Å². The molecule has 0 saturated carbocycles. The predicted octanol–water partition coefficient (Wildman–Crippen LogP) is 2.86. The van der Waals surface area contributed by atoms with Crippen molar-refractivity contribution in [3.05, 3.63) is 57.6 Å². The van der Waals surface area contributed by atoms with Gasteiger partial charge in [0.25, 0.3) is 5.69 Å². The lowest BCUT2D eigenvalue weighted by Gasteiger charge is -2.06. The Morgan fingerprint density at radius 3 is 2.57 bits per heavy atom. The van der Waals surface area contributed by atoms with Gasteiger partial charge in [0.1, 0.15) is 5.75 Å². The Kier molecular flexibility index (Phi) is 2.69. The molecule has 1 aliphatic rings. The summed E-state index contributed by atoms with van der Waals surface area (Å²) in [4.78, 5) is 33.2. The van der Waals surface area contributed by atoms with Crippen LogP contribution in [0.3, 0.4) is 0 Å². The number of nitrogens with zero attached hydrogens (tertiary/aromatic N) is 1. The van der Waals surface area contributed by atoms with Crippen LogP contribution in [-0.2, 0) is 0 Å². The largest absolute Gasteiger partial charge is 0.511 e. The highest BCUT2D eigenvalue weighted by molar-refractivity contribution is 6.23. The number of benzene rings is 2. The van der Waals surface area contributed by atoms with Crippen molar-refractivity contribution >= 4 is 17.6 Å². The summed E-state index contributed by atoms with van der Waals surface area (Å²) in [6, 6.07) is 8.32. The van der Waals surface area contributed by atoms with Crippen LogP contribution in [0.15, 0.2) is 36.4 Å². The van der Waals surface area contributed by atoms with Gasteiger partial charge < -0.3 is 9.84 Å². The minimum Gasteiger partial charge on any atom is -0.449 e. The molecule has 0 aliphatic heterocycles. The maximum absolute atomic E-state index is 12.3. The highest BCUT2D eigenvalue weighted by atomic mass is 16.7. The highest BCUT2D eigenvalue weighted by Crippen LogP contribution is 2.43. The van der Waals surface area contributed by atoms with Crippen molar-refractivity contribution in [1.82, 2.24) is 0 Å². The average molecular weight is 285 g/mol. The smallest absolute Gasteiger partial charge is 0.449 e. The topological polar surface area (TPSA) is 107 Å². The van der Waals surface area contributed by atoms with Crippen LogP contribution in [0.2, 0.25) is 0 Å². The van der Waals surface area contributed by atoms with Gasteiger partial charge in [0, 0.05) is 28.8 Å². The lowest BCUT2D eigenvalue weighted by atomic mass is 10.0. The zero-order valence-electron chi connectivity index (χ0n) is 10.4. The van der Waals surface area contributed by atoms with Crippen LogP contribution in [0.4, 0.5) is 10.5 Å². The normalized spacial score (nSPS) is 11.7. The molecule has 21 heavy (non-hydrogen) atoms. The summed E-state index contributed by atoms with van der Waals surface area (Å²) in [5, 5.41) is 19.5. The molecule has 0 amide bonds. The molecule has 0 atom stereocenters. The molecule has 2 aromatic rings. The Labute approximate surface area is 117 Å². The summed E-state index contributed by atoms with van der Waals surface area (Å²) in [5.74, 6) is -0.361. The molecule has 0 bridgehead atoms. The van der Waals surface area contributed by atoms with Gasteiger partial charge >= 0.3 is 6.16 Å². The third-order valence-corrected chi connectivity index (χ3v) is 3.20. The number of hydrogen-bond donors (Lipinski definition) is 1. The zero-order chi connectivity index (χ0) is 15.1. The maximum atomic E-state index is 12.3. The molecule has 7 heteroatoms. The number of rotatable bonds is 2. The van der Waals surface area contributed by atoms with Crippen molar-refractivity contribution in [2.24, 2.45) is 0 Å². The molecule has 1 aliphatic carbocycles. The Morgan fingerprint density at radius 2 is 1.90 bits per heavy atom. The molecule has 2 aromatic carbocycles. The predicted molar refractivity (Wildman–Crippen MR) is 70.6 cm³/mol. The molecule has 0 radical (unpaired) electrons. The van der Waals surface area contributed by atoms with E-state index in [9.17, 15) is 19.7 Å². The van der Waals surface area contributed by atoms with E-state index in [-0.39, 0.29) is 28.3 Å². The van der Waals surface area contributed by atoms with Crippen molar-refractivity contribution < 1.29 is 24.4 Å². The van der Waals surface area contributed by atoms with Crippen LogP contribution >= 0.6 is 0 Å². The Bertz CT molecular complexity index is 811. The summed E-state index contributed by atoms with van der Waals surface area (Å²) in [6.45, 7) is 0. The fourth-order valence-corrected chi connectivity index (χ4v) is 2.37. The van der Waals surface area contributed by atoms with Crippen molar-refractivity contribution in [3.8, 4) is 16.9 Å². The lowest BCUT2D eigenvalue weighted by molar-refractivity contribution is -0.384. The van der Waals surface area contributed by atoms with E-state index in [1.165, 1.54) is 36.4 Å². The van der Waals surface area contributed by atoms with E-state index in [1.807, 2.05) is 0 Å². The molecular weight excluding hydrogens is 278 g/mol. The van der Waals surface area contributed by atoms with E-state index < -0.39 is 11.1 Å². The third-order valence-electron chi connectivity index (χ3n) is 3.20. The Balaban J connectivity index is 2.23. The number of non-ortho nitro benzene ring substituents is 1. The fraction of sp³-hybridized carbons (Fsp3) is 0. The van der Waals surface area contributed by atoms with Gasteiger partial charge in [-0.2, -0.15) is 0 Å². The molecule has 0 fully saturated rings. The molecule has 0 unspecified atom stereocenters. The molecule has 3 rings (SSSR count). The molecule has 104 valence electrons. The molecule has 1 N–H and O–H groups in total. The number of ketones is 1.